The Labute approximate surface area is 96.8 Å². The molecule has 5 nitrogen and oxygen atoms in total. The molecular formula is C12H11NO4. The van der Waals surface area contributed by atoms with E-state index in [9.17, 15) is 9.59 Å². The number of hydrogen-bond acceptors (Lipinski definition) is 4. The minimum absolute atomic E-state index is 0.409. The van der Waals surface area contributed by atoms with Crippen LogP contribution in [0, 0.1) is 0 Å². The van der Waals surface area contributed by atoms with Gasteiger partial charge < -0.3 is 14.9 Å². The molecule has 0 bridgehead atoms. The highest BCUT2D eigenvalue weighted by Gasteiger charge is 2.10. The van der Waals surface area contributed by atoms with Crippen molar-refractivity contribution in [2.45, 2.75) is 13.0 Å². The number of carbonyl (C=O) groups is 1. The molecule has 0 aliphatic carbocycles. The molecule has 0 saturated heterocycles. The van der Waals surface area contributed by atoms with Gasteiger partial charge in [-0.25, -0.2) is 4.79 Å². The number of hydrogen-bond donors (Lipinski definition) is 1. The molecule has 1 heterocycles. The average Bonchev–Trinajstić information content (AvgIpc) is 2.28. The van der Waals surface area contributed by atoms with E-state index in [0.29, 0.717) is 11.3 Å². The van der Waals surface area contributed by atoms with E-state index in [2.05, 4.69) is 0 Å². The Bertz CT molecular complexity index is 617. The lowest BCUT2D eigenvalue weighted by molar-refractivity contribution is -0.123. The first kappa shape index (κ1) is 11.2. The zero-order chi connectivity index (χ0) is 12.4. The molecule has 0 radical (unpaired) electrons. The molecule has 0 spiro atoms. The predicted molar refractivity (Wildman–Crippen MR) is 61.8 cm³/mol. The molecular weight excluding hydrogens is 222 g/mol. The quantitative estimate of drug-likeness (QED) is 0.803. The zero-order valence-electron chi connectivity index (χ0n) is 9.17. The highest BCUT2D eigenvalue weighted by atomic mass is 16.5. The summed E-state index contributed by atoms with van der Waals surface area (Å²) in [6.45, 7) is 1.55. The maximum Gasteiger partial charge on any atom is 0.336 e. The van der Waals surface area contributed by atoms with Gasteiger partial charge in [-0.3, -0.25) is 4.79 Å². The number of nitrogens with two attached hydrogens (primary N) is 1. The molecule has 1 aromatic heterocycles. The summed E-state index contributed by atoms with van der Waals surface area (Å²) in [7, 11) is 0. The molecule has 1 atom stereocenters. The monoisotopic (exact) mass is 233 g/mol. The lowest BCUT2D eigenvalue weighted by atomic mass is 10.2. The van der Waals surface area contributed by atoms with Crippen LogP contribution in [-0.4, -0.2) is 12.0 Å². The number of benzene rings is 1. The molecule has 0 aliphatic heterocycles. The number of carbonyl (C=O) groups excluding carboxylic acids is 1. The van der Waals surface area contributed by atoms with Crippen LogP contribution in [0.3, 0.4) is 0 Å². The van der Waals surface area contributed by atoms with Gasteiger partial charge in [-0.2, -0.15) is 0 Å². The third-order valence-electron chi connectivity index (χ3n) is 2.31. The molecule has 0 fully saturated rings. The predicted octanol–water partition coefficient (Wildman–Crippen LogP) is 1.05. The zero-order valence-corrected chi connectivity index (χ0v) is 9.17. The van der Waals surface area contributed by atoms with Gasteiger partial charge in [0.2, 0.25) is 0 Å². The van der Waals surface area contributed by atoms with Crippen molar-refractivity contribution in [2.24, 2.45) is 5.73 Å². The molecule has 1 aromatic carbocycles. The smallest absolute Gasteiger partial charge is 0.336 e. The number of amides is 1. The van der Waals surface area contributed by atoms with Gasteiger partial charge in [0, 0.05) is 17.5 Å². The summed E-state index contributed by atoms with van der Waals surface area (Å²) < 4.78 is 10.3. The van der Waals surface area contributed by atoms with Gasteiger partial charge in [0.15, 0.2) is 6.10 Å². The summed E-state index contributed by atoms with van der Waals surface area (Å²) in [5, 5.41) is 0.781. The minimum atomic E-state index is -0.733. The Kier molecular flexibility index (Phi) is 2.82. The molecule has 2 aromatic rings. The lowest BCUT2D eigenvalue weighted by Crippen LogP contribution is -2.30. The van der Waals surface area contributed by atoms with E-state index < -0.39 is 17.6 Å². The fourth-order valence-electron chi connectivity index (χ4n) is 1.38. The summed E-state index contributed by atoms with van der Waals surface area (Å²) in [4.78, 5) is 21.9. The molecule has 0 saturated carbocycles. The summed E-state index contributed by atoms with van der Waals surface area (Å²) >= 11 is 0. The van der Waals surface area contributed by atoms with Crippen molar-refractivity contribution in [2.75, 3.05) is 0 Å². The van der Waals surface area contributed by atoms with Crippen LogP contribution in [0.5, 0.6) is 5.75 Å². The number of rotatable bonds is 3. The first-order valence-electron chi connectivity index (χ1n) is 5.06. The SMILES string of the molecule is C[C@@H](Oc1ccc2ccc(=O)oc2c1)C(N)=O. The second-order valence-electron chi connectivity index (χ2n) is 3.62. The topological polar surface area (TPSA) is 82.5 Å². The van der Waals surface area contributed by atoms with Crippen LogP contribution in [0.4, 0.5) is 0 Å². The van der Waals surface area contributed by atoms with Crippen LogP contribution in [0.25, 0.3) is 11.0 Å². The molecule has 2 rings (SSSR count). The van der Waals surface area contributed by atoms with Gasteiger partial charge in [0.05, 0.1) is 0 Å². The second-order valence-corrected chi connectivity index (χ2v) is 3.62. The van der Waals surface area contributed by atoms with E-state index in [1.54, 1.807) is 31.2 Å². The van der Waals surface area contributed by atoms with E-state index in [1.165, 1.54) is 6.07 Å². The Balaban J connectivity index is 2.37. The van der Waals surface area contributed by atoms with Crippen LogP contribution in [0.1, 0.15) is 6.92 Å². The first-order valence-corrected chi connectivity index (χ1v) is 5.06. The summed E-state index contributed by atoms with van der Waals surface area (Å²) in [5.41, 5.74) is 5.06. The fraction of sp³-hybridized carbons (Fsp3) is 0.167. The standard InChI is InChI=1S/C12H11NO4/c1-7(12(13)15)16-9-4-2-8-3-5-11(14)17-10(8)6-9/h2-7H,1H3,(H2,13,15)/t7-/m1/s1. The van der Waals surface area contributed by atoms with Crippen LogP contribution in [-0.2, 0) is 4.79 Å². The van der Waals surface area contributed by atoms with E-state index in [1.807, 2.05) is 0 Å². The van der Waals surface area contributed by atoms with Crippen LogP contribution in [0.15, 0.2) is 39.5 Å². The van der Waals surface area contributed by atoms with E-state index in [-0.39, 0.29) is 0 Å². The van der Waals surface area contributed by atoms with Gasteiger partial charge in [0.25, 0.3) is 5.91 Å². The molecule has 0 unspecified atom stereocenters. The molecule has 17 heavy (non-hydrogen) atoms. The van der Waals surface area contributed by atoms with E-state index in [0.717, 1.165) is 5.39 Å². The van der Waals surface area contributed by atoms with Crippen molar-refractivity contribution in [1.29, 1.82) is 0 Å². The third kappa shape index (κ3) is 2.44. The molecule has 0 aliphatic rings. The number of ether oxygens (including phenoxy) is 1. The maximum atomic E-state index is 11.0. The van der Waals surface area contributed by atoms with Crippen LogP contribution in [0.2, 0.25) is 0 Å². The summed E-state index contributed by atoms with van der Waals surface area (Å²) in [6.07, 6.45) is -0.733. The van der Waals surface area contributed by atoms with Crippen molar-refractivity contribution in [1.82, 2.24) is 0 Å². The van der Waals surface area contributed by atoms with Crippen LogP contribution < -0.4 is 16.1 Å². The first-order chi connectivity index (χ1) is 8.06. The highest BCUT2D eigenvalue weighted by molar-refractivity contribution is 5.80. The van der Waals surface area contributed by atoms with Gasteiger partial charge in [0.1, 0.15) is 11.3 Å². The maximum absolute atomic E-state index is 11.0. The van der Waals surface area contributed by atoms with Crippen molar-refractivity contribution < 1.29 is 13.9 Å². The van der Waals surface area contributed by atoms with Gasteiger partial charge in [-0.05, 0) is 25.1 Å². The van der Waals surface area contributed by atoms with Crippen molar-refractivity contribution in [3.05, 3.63) is 40.8 Å². The van der Waals surface area contributed by atoms with Gasteiger partial charge in [-0.15, -0.1) is 0 Å². The van der Waals surface area contributed by atoms with Crippen molar-refractivity contribution in [3.63, 3.8) is 0 Å². The van der Waals surface area contributed by atoms with Crippen molar-refractivity contribution >= 4 is 16.9 Å². The summed E-state index contributed by atoms with van der Waals surface area (Å²) in [5.74, 6) is -0.127. The van der Waals surface area contributed by atoms with E-state index >= 15 is 0 Å². The lowest BCUT2D eigenvalue weighted by Gasteiger charge is -2.11. The average molecular weight is 233 g/mol. The largest absolute Gasteiger partial charge is 0.481 e. The van der Waals surface area contributed by atoms with Gasteiger partial charge in [-0.1, -0.05) is 0 Å². The van der Waals surface area contributed by atoms with Crippen molar-refractivity contribution in [3.8, 4) is 5.75 Å². The number of primary amides is 1. The molecule has 1 amide bonds. The van der Waals surface area contributed by atoms with Gasteiger partial charge >= 0.3 is 5.63 Å². The van der Waals surface area contributed by atoms with Crippen LogP contribution >= 0.6 is 0 Å². The Hall–Kier alpha value is -2.30. The Morgan fingerprint density at radius 2 is 2.06 bits per heavy atom. The van der Waals surface area contributed by atoms with E-state index in [4.69, 9.17) is 14.9 Å². The molecule has 5 heteroatoms. The summed E-state index contributed by atoms with van der Waals surface area (Å²) in [6, 6.07) is 7.97. The minimum Gasteiger partial charge on any atom is -0.481 e. The highest BCUT2D eigenvalue weighted by Crippen LogP contribution is 2.20. The molecule has 2 N–H and O–H groups in total. The Morgan fingerprint density at radius 3 is 2.76 bits per heavy atom. The normalized spacial score (nSPS) is 12.3. The molecule has 88 valence electrons. The number of fused-ring (bicyclic) bond motifs is 1. The third-order valence-corrected chi connectivity index (χ3v) is 2.31. The Morgan fingerprint density at radius 1 is 1.35 bits per heavy atom. The fourth-order valence-corrected chi connectivity index (χ4v) is 1.38. The second kappa shape index (κ2) is 4.29.